The molecule has 0 saturated carbocycles. The standard InChI is InChI=1S/C17H14ClN3O5S2/c1-25-15-8-11(9-19-21-17-20-16(22)10-27-17)2-7-14(15)26-28(23,24)13-5-3-12(18)4-6-13/h2-9H,10H2,1H3,(H,20,21,22)/b19-9+. The number of amidine groups is 1. The first kappa shape index (κ1) is 20.2. The summed E-state index contributed by atoms with van der Waals surface area (Å²) < 4.78 is 35.2. The number of thioether (sulfide) groups is 1. The van der Waals surface area contributed by atoms with Crippen molar-refractivity contribution in [3.05, 3.63) is 53.1 Å². The lowest BCUT2D eigenvalue weighted by molar-refractivity contribution is -0.116. The van der Waals surface area contributed by atoms with Crippen molar-refractivity contribution in [1.29, 1.82) is 0 Å². The molecule has 1 aliphatic rings. The van der Waals surface area contributed by atoms with Crippen LogP contribution in [0.5, 0.6) is 11.5 Å². The van der Waals surface area contributed by atoms with Crippen LogP contribution >= 0.6 is 23.4 Å². The summed E-state index contributed by atoms with van der Waals surface area (Å²) in [4.78, 5) is 11.1. The fourth-order valence-corrected chi connectivity index (χ4v) is 3.82. The monoisotopic (exact) mass is 439 g/mol. The van der Waals surface area contributed by atoms with Crippen molar-refractivity contribution in [1.82, 2.24) is 5.32 Å². The Morgan fingerprint density at radius 2 is 1.93 bits per heavy atom. The predicted molar refractivity (Wildman–Crippen MR) is 108 cm³/mol. The summed E-state index contributed by atoms with van der Waals surface area (Å²) in [5.41, 5.74) is 0.603. The number of halogens is 1. The summed E-state index contributed by atoms with van der Waals surface area (Å²) in [6, 6.07) is 10.2. The number of nitrogens with zero attached hydrogens (tertiary/aromatic N) is 2. The molecular weight excluding hydrogens is 426 g/mol. The van der Waals surface area contributed by atoms with Gasteiger partial charge in [-0.15, -0.1) is 5.10 Å². The van der Waals surface area contributed by atoms with E-state index in [2.05, 4.69) is 15.5 Å². The van der Waals surface area contributed by atoms with Crippen LogP contribution in [0.25, 0.3) is 0 Å². The average molecular weight is 440 g/mol. The van der Waals surface area contributed by atoms with E-state index < -0.39 is 10.1 Å². The van der Waals surface area contributed by atoms with Gasteiger partial charge >= 0.3 is 10.1 Å². The van der Waals surface area contributed by atoms with Crippen molar-refractivity contribution < 1.29 is 22.1 Å². The molecule has 0 aromatic heterocycles. The van der Waals surface area contributed by atoms with Crippen molar-refractivity contribution in [2.45, 2.75) is 4.90 Å². The largest absolute Gasteiger partial charge is 0.493 e. The summed E-state index contributed by atoms with van der Waals surface area (Å²) in [6.45, 7) is 0. The van der Waals surface area contributed by atoms with Crippen molar-refractivity contribution >= 4 is 50.8 Å². The first-order chi connectivity index (χ1) is 13.4. The fourth-order valence-electron chi connectivity index (χ4n) is 2.13. The van der Waals surface area contributed by atoms with Crippen molar-refractivity contribution in [2.75, 3.05) is 12.9 Å². The summed E-state index contributed by atoms with van der Waals surface area (Å²) in [6.07, 6.45) is 1.44. The molecule has 2 aromatic carbocycles. The number of benzene rings is 2. The SMILES string of the molecule is COc1cc(/C=N/N=C2\NC(=O)CS2)ccc1OS(=O)(=O)c1ccc(Cl)cc1. The highest BCUT2D eigenvalue weighted by Crippen LogP contribution is 2.30. The Morgan fingerprint density at radius 1 is 1.18 bits per heavy atom. The highest BCUT2D eigenvalue weighted by Gasteiger charge is 2.19. The number of hydrogen-bond donors (Lipinski definition) is 1. The Labute approximate surface area is 170 Å². The van der Waals surface area contributed by atoms with Crippen LogP contribution in [-0.2, 0) is 14.9 Å². The number of hydrogen-bond acceptors (Lipinski definition) is 8. The van der Waals surface area contributed by atoms with E-state index in [1.54, 1.807) is 12.1 Å². The highest BCUT2D eigenvalue weighted by molar-refractivity contribution is 8.15. The van der Waals surface area contributed by atoms with Gasteiger partial charge in [0.1, 0.15) is 4.90 Å². The predicted octanol–water partition coefficient (Wildman–Crippen LogP) is 2.67. The fraction of sp³-hybridized carbons (Fsp3) is 0.118. The van der Waals surface area contributed by atoms with E-state index in [0.717, 1.165) is 0 Å². The highest BCUT2D eigenvalue weighted by atomic mass is 35.5. The quantitative estimate of drug-likeness (QED) is 0.421. The second-order valence-corrected chi connectivity index (χ2v) is 8.34. The molecule has 1 heterocycles. The number of methoxy groups -OCH3 is 1. The molecule has 1 N–H and O–H groups in total. The van der Waals surface area contributed by atoms with E-state index in [9.17, 15) is 13.2 Å². The van der Waals surface area contributed by atoms with Crippen LogP contribution in [-0.4, -0.2) is 38.6 Å². The van der Waals surface area contributed by atoms with Gasteiger partial charge in [0.15, 0.2) is 16.7 Å². The maximum absolute atomic E-state index is 12.4. The van der Waals surface area contributed by atoms with Crippen molar-refractivity contribution in [3.8, 4) is 11.5 Å². The third kappa shape index (κ3) is 5.03. The van der Waals surface area contributed by atoms with Gasteiger partial charge in [-0.1, -0.05) is 23.4 Å². The Morgan fingerprint density at radius 3 is 2.57 bits per heavy atom. The number of rotatable bonds is 6. The van der Waals surface area contributed by atoms with E-state index in [1.165, 1.54) is 55.4 Å². The molecule has 0 bridgehead atoms. The van der Waals surface area contributed by atoms with Gasteiger partial charge < -0.3 is 14.2 Å². The van der Waals surface area contributed by atoms with Crippen LogP contribution < -0.4 is 14.2 Å². The summed E-state index contributed by atoms with van der Waals surface area (Å²) in [5.74, 6) is 0.428. The van der Waals surface area contributed by atoms with Gasteiger partial charge in [0.05, 0.1) is 19.1 Å². The zero-order valence-electron chi connectivity index (χ0n) is 14.5. The molecule has 8 nitrogen and oxygen atoms in total. The number of nitrogens with one attached hydrogen (secondary N) is 1. The molecule has 1 aliphatic heterocycles. The van der Waals surface area contributed by atoms with Gasteiger partial charge in [-0.2, -0.15) is 13.5 Å². The van der Waals surface area contributed by atoms with Gasteiger partial charge in [-0.25, -0.2) is 0 Å². The lowest BCUT2D eigenvalue weighted by atomic mass is 10.2. The summed E-state index contributed by atoms with van der Waals surface area (Å²) >= 11 is 7.04. The second kappa shape index (κ2) is 8.63. The van der Waals surface area contributed by atoms with Crippen molar-refractivity contribution in [3.63, 3.8) is 0 Å². The van der Waals surface area contributed by atoms with Crippen LogP contribution in [0.1, 0.15) is 5.56 Å². The molecule has 2 aromatic rings. The lowest BCUT2D eigenvalue weighted by Gasteiger charge is -2.11. The van der Waals surface area contributed by atoms with Crippen LogP contribution in [0.4, 0.5) is 0 Å². The van der Waals surface area contributed by atoms with Gasteiger partial charge in [0.25, 0.3) is 0 Å². The van der Waals surface area contributed by atoms with Crippen LogP contribution in [0.2, 0.25) is 5.02 Å². The molecule has 0 atom stereocenters. The normalized spacial score (nSPS) is 15.8. The molecule has 0 unspecified atom stereocenters. The Balaban J connectivity index is 1.77. The molecule has 1 saturated heterocycles. The molecule has 1 fully saturated rings. The van der Waals surface area contributed by atoms with E-state index >= 15 is 0 Å². The maximum atomic E-state index is 12.4. The molecule has 0 aliphatic carbocycles. The molecule has 11 heteroatoms. The molecule has 28 heavy (non-hydrogen) atoms. The maximum Gasteiger partial charge on any atom is 0.339 e. The third-order valence-corrected chi connectivity index (χ3v) is 5.80. The smallest absolute Gasteiger partial charge is 0.339 e. The molecule has 3 rings (SSSR count). The molecule has 1 amide bonds. The second-order valence-electron chi connectivity index (χ2n) is 5.39. The minimum atomic E-state index is -4.05. The molecular formula is C17H14ClN3O5S2. The number of ether oxygens (including phenoxy) is 1. The number of amides is 1. The van der Waals surface area contributed by atoms with Crippen LogP contribution in [0, 0.1) is 0 Å². The summed E-state index contributed by atoms with van der Waals surface area (Å²) in [5, 5.41) is 11.2. The molecule has 0 radical (unpaired) electrons. The Hall–Kier alpha value is -2.56. The number of carbonyl (C=O) groups excluding carboxylic acids is 1. The minimum absolute atomic E-state index is 0.0273. The third-order valence-electron chi connectivity index (χ3n) is 3.43. The number of carbonyl (C=O) groups is 1. The lowest BCUT2D eigenvalue weighted by Crippen LogP contribution is -2.19. The topological polar surface area (TPSA) is 106 Å². The van der Waals surface area contributed by atoms with Gasteiger partial charge in [0.2, 0.25) is 5.91 Å². The Bertz CT molecular complexity index is 1050. The van der Waals surface area contributed by atoms with Crippen LogP contribution in [0.3, 0.4) is 0 Å². The van der Waals surface area contributed by atoms with Gasteiger partial charge in [0, 0.05) is 5.02 Å². The minimum Gasteiger partial charge on any atom is -0.493 e. The zero-order valence-corrected chi connectivity index (χ0v) is 16.8. The zero-order chi connectivity index (χ0) is 20.1. The van der Waals surface area contributed by atoms with Crippen LogP contribution in [0.15, 0.2) is 57.6 Å². The van der Waals surface area contributed by atoms with E-state index in [4.69, 9.17) is 20.5 Å². The van der Waals surface area contributed by atoms with Crippen molar-refractivity contribution in [2.24, 2.45) is 10.2 Å². The average Bonchev–Trinajstić information content (AvgIpc) is 3.08. The first-order valence-electron chi connectivity index (χ1n) is 7.79. The molecule has 0 spiro atoms. The van der Waals surface area contributed by atoms with E-state index in [1.807, 2.05) is 0 Å². The Kier molecular flexibility index (Phi) is 6.22. The summed E-state index contributed by atoms with van der Waals surface area (Å²) in [7, 11) is -2.65. The van der Waals surface area contributed by atoms with Gasteiger partial charge in [-0.05, 0) is 48.0 Å². The van der Waals surface area contributed by atoms with E-state index in [0.29, 0.717) is 21.5 Å². The first-order valence-corrected chi connectivity index (χ1v) is 10.6. The van der Waals surface area contributed by atoms with E-state index in [-0.39, 0.29) is 22.3 Å². The van der Waals surface area contributed by atoms with Gasteiger partial charge in [-0.3, -0.25) is 4.79 Å². The molecule has 146 valence electrons.